The molecule has 5 heteroatoms. The molecule has 0 aliphatic carbocycles. The normalized spacial score (nSPS) is 14.6. The molecule has 0 saturated carbocycles. The predicted octanol–water partition coefficient (Wildman–Crippen LogP) is 2.92. The minimum atomic E-state index is 0.200. The summed E-state index contributed by atoms with van der Waals surface area (Å²) >= 11 is 0. The molecule has 5 nitrogen and oxygen atoms in total. The van der Waals surface area contributed by atoms with E-state index in [0.717, 1.165) is 23.6 Å². The third-order valence-corrected chi connectivity index (χ3v) is 3.50. The quantitative estimate of drug-likeness (QED) is 0.900. The zero-order chi connectivity index (χ0) is 14.0. The third-order valence-electron chi connectivity index (χ3n) is 3.50. The van der Waals surface area contributed by atoms with Crippen molar-refractivity contribution in [3.05, 3.63) is 35.0 Å². The van der Waals surface area contributed by atoms with Crippen molar-refractivity contribution < 1.29 is 4.52 Å². The van der Waals surface area contributed by atoms with Crippen molar-refractivity contribution in [1.82, 2.24) is 20.3 Å². The number of rotatable bonds is 5. The summed E-state index contributed by atoms with van der Waals surface area (Å²) in [6.45, 7) is 11.2. The van der Waals surface area contributed by atoms with E-state index in [1.165, 1.54) is 5.56 Å². The summed E-state index contributed by atoms with van der Waals surface area (Å²) in [5.74, 6) is 0.883. The van der Waals surface area contributed by atoms with Gasteiger partial charge >= 0.3 is 0 Å². The fraction of sp³-hybridized carbons (Fsp3) is 0.571. The molecule has 2 rings (SSSR count). The van der Waals surface area contributed by atoms with Gasteiger partial charge < -0.3 is 9.84 Å². The molecule has 0 aliphatic rings. The molecule has 2 heterocycles. The van der Waals surface area contributed by atoms with Crippen LogP contribution in [0.4, 0.5) is 0 Å². The maximum absolute atomic E-state index is 5.22. The van der Waals surface area contributed by atoms with Crippen LogP contribution in [0.25, 0.3) is 0 Å². The molecule has 0 saturated heterocycles. The molecule has 2 atom stereocenters. The molecular weight excluding hydrogens is 240 g/mol. The molecule has 0 amide bonds. The Balaban J connectivity index is 2.08. The zero-order valence-corrected chi connectivity index (χ0v) is 12.3. The summed E-state index contributed by atoms with van der Waals surface area (Å²) in [7, 11) is 0. The summed E-state index contributed by atoms with van der Waals surface area (Å²) < 4.78 is 7.16. The van der Waals surface area contributed by atoms with E-state index in [0.29, 0.717) is 0 Å². The molecule has 0 aliphatic heterocycles. The molecule has 2 aromatic heterocycles. The van der Waals surface area contributed by atoms with Gasteiger partial charge in [0.2, 0.25) is 0 Å². The highest BCUT2D eigenvalue weighted by molar-refractivity contribution is 5.25. The van der Waals surface area contributed by atoms with E-state index < -0.39 is 0 Å². The van der Waals surface area contributed by atoms with Crippen molar-refractivity contribution in [2.75, 3.05) is 0 Å². The molecule has 2 unspecified atom stereocenters. The summed E-state index contributed by atoms with van der Waals surface area (Å²) in [5, 5.41) is 11.9. The van der Waals surface area contributed by atoms with Gasteiger partial charge in [-0.2, -0.15) is 5.10 Å². The number of hydrogen-bond donors (Lipinski definition) is 1. The number of aryl methyl sites for hydroxylation is 3. The molecule has 2 aromatic rings. The molecule has 0 fully saturated rings. The van der Waals surface area contributed by atoms with Gasteiger partial charge in [-0.3, -0.25) is 4.68 Å². The van der Waals surface area contributed by atoms with Crippen molar-refractivity contribution in [2.45, 2.75) is 53.2 Å². The summed E-state index contributed by atoms with van der Waals surface area (Å²) in [5.41, 5.74) is 3.30. The standard InChI is InChI=1S/C14H22N4O/c1-6-18-8-13(7-15-18)9(2)16-10(3)14-11(4)17-19-12(14)5/h7-10,16H,6H2,1-5H3. The first-order valence-corrected chi connectivity index (χ1v) is 6.74. The maximum atomic E-state index is 5.22. The van der Waals surface area contributed by atoms with E-state index in [9.17, 15) is 0 Å². The van der Waals surface area contributed by atoms with E-state index >= 15 is 0 Å². The maximum Gasteiger partial charge on any atom is 0.138 e. The fourth-order valence-corrected chi connectivity index (χ4v) is 2.44. The predicted molar refractivity (Wildman–Crippen MR) is 73.8 cm³/mol. The lowest BCUT2D eigenvalue weighted by Gasteiger charge is -2.19. The Bertz CT molecular complexity index is 524. The van der Waals surface area contributed by atoms with Crippen LogP contribution in [-0.2, 0) is 6.54 Å². The Morgan fingerprint density at radius 2 is 2.05 bits per heavy atom. The average Bonchev–Trinajstić information content (AvgIpc) is 2.96. The van der Waals surface area contributed by atoms with Crippen LogP contribution in [0, 0.1) is 13.8 Å². The lowest BCUT2D eigenvalue weighted by atomic mass is 10.0. The smallest absolute Gasteiger partial charge is 0.138 e. The highest BCUT2D eigenvalue weighted by Gasteiger charge is 2.19. The molecule has 104 valence electrons. The van der Waals surface area contributed by atoms with Crippen LogP contribution in [0.15, 0.2) is 16.9 Å². The topological polar surface area (TPSA) is 55.9 Å². The third kappa shape index (κ3) is 2.87. The van der Waals surface area contributed by atoms with Crippen LogP contribution in [0.5, 0.6) is 0 Å². The largest absolute Gasteiger partial charge is 0.361 e. The Morgan fingerprint density at radius 1 is 1.32 bits per heavy atom. The Labute approximate surface area is 114 Å². The van der Waals surface area contributed by atoms with Crippen molar-refractivity contribution in [3.8, 4) is 0 Å². The molecule has 19 heavy (non-hydrogen) atoms. The van der Waals surface area contributed by atoms with Crippen LogP contribution in [0.2, 0.25) is 0 Å². The van der Waals surface area contributed by atoms with Gasteiger partial charge in [0.05, 0.1) is 11.9 Å². The molecule has 0 radical (unpaired) electrons. The Kier molecular flexibility index (Phi) is 4.04. The SMILES string of the molecule is CCn1cc(C(C)NC(C)c2c(C)noc2C)cn1. The number of aromatic nitrogens is 3. The molecule has 0 spiro atoms. The van der Waals surface area contributed by atoms with E-state index in [2.05, 4.69) is 42.5 Å². The first-order valence-electron chi connectivity index (χ1n) is 6.74. The minimum absolute atomic E-state index is 0.200. The zero-order valence-electron chi connectivity index (χ0n) is 12.3. The Morgan fingerprint density at radius 3 is 2.58 bits per heavy atom. The van der Waals surface area contributed by atoms with Gasteiger partial charge in [-0.05, 0) is 34.6 Å². The van der Waals surface area contributed by atoms with Crippen LogP contribution in [-0.4, -0.2) is 14.9 Å². The van der Waals surface area contributed by atoms with Crippen molar-refractivity contribution in [3.63, 3.8) is 0 Å². The summed E-state index contributed by atoms with van der Waals surface area (Å²) in [6, 6.07) is 0.440. The van der Waals surface area contributed by atoms with E-state index in [-0.39, 0.29) is 12.1 Å². The van der Waals surface area contributed by atoms with Crippen LogP contribution >= 0.6 is 0 Å². The van der Waals surface area contributed by atoms with Crippen LogP contribution < -0.4 is 5.32 Å². The van der Waals surface area contributed by atoms with E-state index in [1.807, 2.05) is 24.7 Å². The average molecular weight is 262 g/mol. The highest BCUT2D eigenvalue weighted by atomic mass is 16.5. The van der Waals surface area contributed by atoms with Crippen LogP contribution in [0.3, 0.4) is 0 Å². The van der Waals surface area contributed by atoms with Gasteiger partial charge in [-0.25, -0.2) is 0 Å². The molecule has 1 N–H and O–H groups in total. The van der Waals surface area contributed by atoms with Gasteiger partial charge in [-0.15, -0.1) is 0 Å². The molecule has 0 aromatic carbocycles. The lowest BCUT2D eigenvalue weighted by molar-refractivity contribution is 0.389. The second kappa shape index (κ2) is 5.57. The molecular formula is C14H22N4O. The van der Waals surface area contributed by atoms with Gasteiger partial charge in [-0.1, -0.05) is 5.16 Å². The summed E-state index contributed by atoms with van der Waals surface area (Å²) in [4.78, 5) is 0. The monoisotopic (exact) mass is 262 g/mol. The number of hydrogen-bond acceptors (Lipinski definition) is 4. The van der Waals surface area contributed by atoms with Gasteiger partial charge in [0.15, 0.2) is 0 Å². The van der Waals surface area contributed by atoms with Crippen LogP contribution in [0.1, 0.15) is 55.4 Å². The van der Waals surface area contributed by atoms with Crippen molar-refractivity contribution in [1.29, 1.82) is 0 Å². The fourth-order valence-electron chi connectivity index (χ4n) is 2.44. The lowest BCUT2D eigenvalue weighted by Crippen LogP contribution is -2.23. The first-order chi connectivity index (χ1) is 9.02. The van der Waals surface area contributed by atoms with Gasteiger partial charge in [0.1, 0.15) is 5.76 Å². The Hall–Kier alpha value is -1.62. The van der Waals surface area contributed by atoms with Crippen molar-refractivity contribution >= 4 is 0 Å². The first kappa shape index (κ1) is 13.8. The summed E-state index contributed by atoms with van der Waals surface area (Å²) in [6.07, 6.45) is 4.00. The number of nitrogens with one attached hydrogen (secondary N) is 1. The highest BCUT2D eigenvalue weighted by Crippen LogP contribution is 2.24. The van der Waals surface area contributed by atoms with E-state index in [4.69, 9.17) is 4.52 Å². The number of nitrogens with zero attached hydrogens (tertiary/aromatic N) is 3. The molecule has 0 bridgehead atoms. The second-order valence-corrected chi connectivity index (χ2v) is 4.98. The van der Waals surface area contributed by atoms with Gasteiger partial charge in [0.25, 0.3) is 0 Å². The second-order valence-electron chi connectivity index (χ2n) is 4.98. The van der Waals surface area contributed by atoms with E-state index in [1.54, 1.807) is 0 Å². The minimum Gasteiger partial charge on any atom is -0.361 e. The van der Waals surface area contributed by atoms with Crippen molar-refractivity contribution in [2.24, 2.45) is 0 Å². The van der Waals surface area contributed by atoms with Gasteiger partial charge in [0, 0.05) is 36.0 Å².